The molecular formula is C17H24N2O. The second kappa shape index (κ2) is 5.12. The molecule has 1 saturated heterocycles. The highest BCUT2D eigenvalue weighted by Gasteiger charge is 2.38. The van der Waals surface area contributed by atoms with Crippen molar-refractivity contribution < 1.29 is 4.79 Å². The minimum Gasteiger partial charge on any atom is -0.399 e. The fraction of sp³-hybridized carbons (Fsp3) is 0.588. The van der Waals surface area contributed by atoms with Crippen LogP contribution in [0.5, 0.6) is 0 Å². The molecule has 1 saturated carbocycles. The van der Waals surface area contributed by atoms with E-state index >= 15 is 0 Å². The molecule has 2 fully saturated rings. The molecule has 0 unspecified atom stereocenters. The number of hydrogen-bond donors (Lipinski definition) is 1. The van der Waals surface area contributed by atoms with E-state index in [1.165, 1.54) is 38.5 Å². The first-order chi connectivity index (χ1) is 9.60. The molecule has 1 aliphatic carbocycles. The van der Waals surface area contributed by atoms with Crippen molar-refractivity contribution in [3.05, 3.63) is 29.3 Å². The number of rotatable bonds is 1. The second-order valence-electron chi connectivity index (χ2n) is 6.57. The van der Waals surface area contributed by atoms with Crippen LogP contribution >= 0.6 is 0 Å². The zero-order chi connectivity index (χ0) is 14.2. The molecule has 3 rings (SSSR count). The van der Waals surface area contributed by atoms with Crippen LogP contribution in [0.15, 0.2) is 18.2 Å². The molecule has 1 aromatic carbocycles. The third kappa shape index (κ3) is 2.41. The summed E-state index contributed by atoms with van der Waals surface area (Å²) in [6.07, 6.45) is 7.88. The van der Waals surface area contributed by atoms with Crippen LogP contribution in [0.1, 0.15) is 54.4 Å². The van der Waals surface area contributed by atoms with Crippen molar-refractivity contribution in [1.82, 2.24) is 4.90 Å². The van der Waals surface area contributed by atoms with Crippen molar-refractivity contribution in [2.75, 3.05) is 18.8 Å². The van der Waals surface area contributed by atoms with Gasteiger partial charge in [0.25, 0.3) is 5.91 Å². The van der Waals surface area contributed by atoms with Crippen LogP contribution in [0.4, 0.5) is 5.69 Å². The fourth-order valence-electron chi connectivity index (χ4n) is 3.91. The highest BCUT2D eigenvalue weighted by Crippen LogP contribution is 2.46. The molecule has 3 heteroatoms. The van der Waals surface area contributed by atoms with Crippen molar-refractivity contribution >= 4 is 11.6 Å². The van der Waals surface area contributed by atoms with Gasteiger partial charge in [0.1, 0.15) is 0 Å². The topological polar surface area (TPSA) is 46.3 Å². The lowest BCUT2D eigenvalue weighted by atomic mass is 9.77. The third-order valence-corrected chi connectivity index (χ3v) is 5.26. The van der Waals surface area contributed by atoms with E-state index in [2.05, 4.69) is 0 Å². The summed E-state index contributed by atoms with van der Waals surface area (Å²) in [4.78, 5) is 14.7. The molecule has 1 spiro atoms. The Kier molecular flexibility index (Phi) is 3.45. The van der Waals surface area contributed by atoms with Crippen molar-refractivity contribution in [3.63, 3.8) is 0 Å². The Labute approximate surface area is 121 Å². The van der Waals surface area contributed by atoms with Crippen LogP contribution < -0.4 is 5.73 Å². The summed E-state index contributed by atoms with van der Waals surface area (Å²) in [7, 11) is 0. The molecular weight excluding hydrogens is 248 g/mol. The van der Waals surface area contributed by atoms with Gasteiger partial charge in [-0.25, -0.2) is 0 Å². The first kappa shape index (κ1) is 13.5. The Morgan fingerprint density at radius 2 is 1.80 bits per heavy atom. The lowest BCUT2D eigenvalue weighted by Crippen LogP contribution is -2.42. The first-order valence-corrected chi connectivity index (χ1v) is 7.75. The van der Waals surface area contributed by atoms with E-state index in [9.17, 15) is 4.79 Å². The number of likely N-dealkylation sites (tertiary alicyclic amines) is 1. The van der Waals surface area contributed by atoms with Gasteiger partial charge in [-0.05, 0) is 61.8 Å². The Morgan fingerprint density at radius 3 is 2.40 bits per heavy atom. The quantitative estimate of drug-likeness (QED) is 0.797. The molecule has 0 aromatic heterocycles. The average Bonchev–Trinajstić information content (AvgIpc) is 2.87. The molecule has 1 amide bonds. The second-order valence-corrected chi connectivity index (χ2v) is 6.57. The van der Waals surface area contributed by atoms with E-state index < -0.39 is 0 Å². The average molecular weight is 272 g/mol. The zero-order valence-corrected chi connectivity index (χ0v) is 12.3. The Bertz CT molecular complexity index is 508. The van der Waals surface area contributed by atoms with Gasteiger partial charge in [0, 0.05) is 24.3 Å². The molecule has 0 radical (unpaired) electrons. The number of nitrogens with zero attached hydrogens (tertiary/aromatic N) is 1. The molecule has 1 heterocycles. The summed E-state index contributed by atoms with van der Waals surface area (Å²) in [5.74, 6) is 0.176. The summed E-state index contributed by atoms with van der Waals surface area (Å²) in [5, 5.41) is 0. The predicted molar refractivity (Wildman–Crippen MR) is 81.6 cm³/mol. The molecule has 3 nitrogen and oxygen atoms in total. The summed E-state index contributed by atoms with van der Waals surface area (Å²) in [6.45, 7) is 3.80. The maximum Gasteiger partial charge on any atom is 0.254 e. The zero-order valence-electron chi connectivity index (χ0n) is 12.3. The Balaban J connectivity index is 1.69. The van der Waals surface area contributed by atoms with Crippen molar-refractivity contribution in [3.8, 4) is 0 Å². The number of anilines is 1. The maximum absolute atomic E-state index is 12.6. The minimum atomic E-state index is 0.176. The Morgan fingerprint density at radius 1 is 1.15 bits per heavy atom. The smallest absolute Gasteiger partial charge is 0.254 e. The van der Waals surface area contributed by atoms with Crippen LogP contribution in [0, 0.1) is 12.3 Å². The number of nitrogen functional groups attached to an aromatic ring is 1. The molecule has 2 aliphatic rings. The van der Waals surface area contributed by atoms with Gasteiger partial charge in [-0.15, -0.1) is 0 Å². The first-order valence-electron chi connectivity index (χ1n) is 7.75. The van der Waals surface area contributed by atoms with Crippen LogP contribution in [0.25, 0.3) is 0 Å². The number of carbonyl (C=O) groups excluding carboxylic acids is 1. The lowest BCUT2D eigenvalue weighted by Gasteiger charge is -2.39. The van der Waals surface area contributed by atoms with Gasteiger partial charge < -0.3 is 10.6 Å². The highest BCUT2D eigenvalue weighted by atomic mass is 16.2. The van der Waals surface area contributed by atoms with E-state index in [0.29, 0.717) is 5.41 Å². The van der Waals surface area contributed by atoms with Gasteiger partial charge in [0.05, 0.1) is 0 Å². The van der Waals surface area contributed by atoms with E-state index in [4.69, 9.17) is 5.73 Å². The molecule has 20 heavy (non-hydrogen) atoms. The number of benzene rings is 1. The molecule has 108 valence electrons. The SMILES string of the molecule is Cc1cc(N)ccc1C(=O)N1CCC2(CCCC2)CC1. The lowest BCUT2D eigenvalue weighted by molar-refractivity contribution is 0.0587. The van der Waals surface area contributed by atoms with Crippen molar-refractivity contribution in [2.24, 2.45) is 5.41 Å². The maximum atomic E-state index is 12.6. The van der Waals surface area contributed by atoms with E-state index in [1.54, 1.807) is 0 Å². The standard InChI is InChI=1S/C17H24N2O/c1-13-12-14(18)4-5-15(13)16(20)19-10-8-17(9-11-19)6-2-3-7-17/h4-5,12H,2-3,6-11,18H2,1H3. The van der Waals surface area contributed by atoms with Crippen molar-refractivity contribution in [1.29, 1.82) is 0 Å². The predicted octanol–water partition coefficient (Wildman–Crippen LogP) is 3.37. The summed E-state index contributed by atoms with van der Waals surface area (Å²) in [5.41, 5.74) is 8.84. The molecule has 2 N–H and O–H groups in total. The van der Waals surface area contributed by atoms with E-state index in [1.807, 2.05) is 30.0 Å². The van der Waals surface area contributed by atoms with Gasteiger partial charge in [-0.2, -0.15) is 0 Å². The van der Waals surface area contributed by atoms with E-state index in [-0.39, 0.29) is 5.91 Å². The fourth-order valence-corrected chi connectivity index (χ4v) is 3.91. The monoisotopic (exact) mass is 272 g/mol. The van der Waals surface area contributed by atoms with Crippen LogP contribution in [-0.2, 0) is 0 Å². The summed E-state index contributed by atoms with van der Waals surface area (Å²) < 4.78 is 0. The van der Waals surface area contributed by atoms with Crippen molar-refractivity contribution in [2.45, 2.75) is 45.4 Å². The van der Waals surface area contributed by atoms with Gasteiger partial charge in [0.15, 0.2) is 0 Å². The summed E-state index contributed by atoms with van der Waals surface area (Å²) >= 11 is 0. The number of amides is 1. The third-order valence-electron chi connectivity index (χ3n) is 5.26. The van der Waals surface area contributed by atoms with Gasteiger partial charge in [0.2, 0.25) is 0 Å². The largest absolute Gasteiger partial charge is 0.399 e. The number of nitrogens with two attached hydrogens (primary N) is 1. The van der Waals surface area contributed by atoms with Crippen LogP contribution in [0.2, 0.25) is 0 Å². The molecule has 0 atom stereocenters. The number of piperidine rings is 1. The normalized spacial score (nSPS) is 21.4. The van der Waals surface area contributed by atoms with Gasteiger partial charge in [-0.3, -0.25) is 4.79 Å². The highest BCUT2D eigenvalue weighted by molar-refractivity contribution is 5.96. The number of aryl methyl sites for hydroxylation is 1. The molecule has 1 aliphatic heterocycles. The molecule has 0 bridgehead atoms. The van der Waals surface area contributed by atoms with Crippen LogP contribution in [-0.4, -0.2) is 23.9 Å². The minimum absolute atomic E-state index is 0.176. The van der Waals surface area contributed by atoms with Gasteiger partial charge >= 0.3 is 0 Å². The number of carbonyl (C=O) groups is 1. The molecule has 1 aromatic rings. The Hall–Kier alpha value is -1.51. The van der Waals surface area contributed by atoms with Crippen LogP contribution in [0.3, 0.4) is 0 Å². The number of hydrogen-bond acceptors (Lipinski definition) is 2. The van der Waals surface area contributed by atoms with E-state index in [0.717, 1.165) is 29.9 Å². The summed E-state index contributed by atoms with van der Waals surface area (Å²) in [6, 6.07) is 5.57. The van der Waals surface area contributed by atoms with Gasteiger partial charge in [-0.1, -0.05) is 12.8 Å².